The molecule has 0 N–H and O–H groups in total. The minimum absolute atomic E-state index is 0.0663. The first kappa shape index (κ1) is 73.6. The third kappa shape index (κ3) is 62.5. The summed E-state index contributed by atoms with van der Waals surface area (Å²) in [6.07, 6.45) is 80.2. The minimum atomic E-state index is -0.769. The second-order valence-electron chi connectivity index (χ2n) is 23.1. The van der Waals surface area contributed by atoms with Crippen LogP contribution in [0.3, 0.4) is 0 Å². The molecule has 0 spiro atoms. The first-order chi connectivity index (χ1) is 37.5. The van der Waals surface area contributed by atoms with Gasteiger partial charge in [0.05, 0.1) is 0 Å². The first-order valence-corrected chi connectivity index (χ1v) is 34.0. The lowest BCUT2D eigenvalue weighted by molar-refractivity contribution is -0.167. The number of rotatable bonds is 63. The normalized spacial score (nSPS) is 12.2. The molecule has 0 heterocycles. The molecule has 6 heteroatoms. The van der Waals surface area contributed by atoms with Gasteiger partial charge >= 0.3 is 17.9 Å². The number of hydrogen-bond acceptors (Lipinski definition) is 6. The maximum absolute atomic E-state index is 12.9. The van der Waals surface area contributed by atoms with Crippen LogP contribution in [0, 0.1) is 0 Å². The Balaban J connectivity index is 4.21. The second kappa shape index (κ2) is 65.2. The minimum Gasteiger partial charge on any atom is -0.462 e. The van der Waals surface area contributed by atoms with E-state index in [0.29, 0.717) is 19.3 Å². The van der Waals surface area contributed by atoms with Crippen LogP contribution >= 0.6 is 0 Å². The van der Waals surface area contributed by atoms with Crippen LogP contribution in [0.15, 0.2) is 36.5 Å². The lowest BCUT2D eigenvalue weighted by Gasteiger charge is -2.18. The van der Waals surface area contributed by atoms with Crippen LogP contribution in [0.25, 0.3) is 0 Å². The largest absolute Gasteiger partial charge is 0.462 e. The van der Waals surface area contributed by atoms with E-state index in [1.54, 1.807) is 0 Å². The van der Waals surface area contributed by atoms with E-state index in [2.05, 4.69) is 57.2 Å². The van der Waals surface area contributed by atoms with Gasteiger partial charge in [0.15, 0.2) is 6.10 Å². The van der Waals surface area contributed by atoms with Gasteiger partial charge in [0.1, 0.15) is 13.2 Å². The van der Waals surface area contributed by atoms with Gasteiger partial charge in [0.25, 0.3) is 0 Å². The third-order valence-electron chi connectivity index (χ3n) is 15.4. The van der Waals surface area contributed by atoms with Crippen LogP contribution in [0.5, 0.6) is 0 Å². The molecule has 0 radical (unpaired) electrons. The molecular formula is C70H130O6. The molecule has 0 aliphatic carbocycles. The fourth-order valence-corrected chi connectivity index (χ4v) is 10.3. The van der Waals surface area contributed by atoms with Gasteiger partial charge in [-0.3, -0.25) is 14.4 Å². The molecule has 1 atom stereocenters. The fourth-order valence-electron chi connectivity index (χ4n) is 10.3. The molecule has 0 bridgehead atoms. The number of carbonyl (C=O) groups is 3. The molecule has 0 aromatic heterocycles. The molecule has 0 aliphatic heterocycles. The quantitative estimate of drug-likeness (QED) is 0.0261. The zero-order chi connectivity index (χ0) is 55.0. The third-order valence-corrected chi connectivity index (χ3v) is 15.4. The highest BCUT2D eigenvalue weighted by atomic mass is 16.6. The summed E-state index contributed by atoms with van der Waals surface area (Å²) in [7, 11) is 0. The van der Waals surface area contributed by atoms with Crippen molar-refractivity contribution in [1.82, 2.24) is 0 Å². The average Bonchev–Trinajstić information content (AvgIpc) is 3.42. The van der Waals surface area contributed by atoms with E-state index in [0.717, 1.165) is 70.6 Å². The molecule has 76 heavy (non-hydrogen) atoms. The summed E-state index contributed by atoms with van der Waals surface area (Å²) in [5.41, 5.74) is 0. The summed E-state index contributed by atoms with van der Waals surface area (Å²) < 4.78 is 17.0. The molecule has 0 aromatic rings. The van der Waals surface area contributed by atoms with Gasteiger partial charge in [-0.05, 0) is 57.8 Å². The molecule has 0 rings (SSSR count). The molecular weight excluding hydrogens is 937 g/mol. The number of unbranched alkanes of at least 4 members (excludes halogenated alkanes) is 46. The smallest absolute Gasteiger partial charge is 0.306 e. The van der Waals surface area contributed by atoms with Crippen molar-refractivity contribution in [2.24, 2.45) is 0 Å². The summed E-state index contributed by atoms with van der Waals surface area (Å²) >= 11 is 0. The molecule has 0 saturated carbocycles. The standard InChI is InChI=1S/C70H130O6/c1-4-7-10-13-16-19-22-25-27-29-31-32-33-34-35-36-37-38-40-41-43-45-48-51-54-57-60-63-69(72)75-66-67(65-74-68(71)62-59-56-53-50-47-24-21-18-15-12-9-6-3)76-70(73)64-61-58-55-52-49-46-44-42-39-30-28-26-23-20-17-14-11-8-5-2/h22,25,29,31,33-34,67H,4-21,23-24,26-28,30,32,35-66H2,1-3H3/b25-22-,31-29-,34-33-. The Labute approximate surface area is 474 Å². The first-order valence-electron chi connectivity index (χ1n) is 34.0. The highest BCUT2D eigenvalue weighted by Crippen LogP contribution is 2.18. The molecule has 0 aromatic carbocycles. The lowest BCUT2D eigenvalue weighted by atomic mass is 10.0. The van der Waals surface area contributed by atoms with E-state index in [-0.39, 0.29) is 31.1 Å². The predicted octanol–water partition coefficient (Wildman–Crippen LogP) is 23.2. The summed E-state index contributed by atoms with van der Waals surface area (Å²) in [5, 5.41) is 0. The monoisotopic (exact) mass is 1070 g/mol. The molecule has 0 aliphatic rings. The van der Waals surface area contributed by atoms with Crippen LogP contribution in [-0.4, -0.2) is 37.2 Å². The summed E-state index contributed by atoms with van der Waals surface area (Å²) in [6.45, 7) is 6.69. The van der Waals surface area contributed by atoms with E-state index in [9.17, 15) is 14.4 Å². The molecule has 0 amide bonds. The molecule has 0 saturated heterocycles. The Kier molecular flexibility index (Phi) is 63.1. The van der Waals surface area contributed by atoms with Crippen molar-refractivity contribution >= 4 is 17.9 Å². The average molecular weight is 1070 g/mol. The summed E-state index contributed by atoms with van der Waals surface area (Å²) in [6, 6.07) is 0. The van der Waals surface area contributed by atoms with Crippen molar-refractivity contribution in [3.8, 4) is 0 Å². The Hall–Kier alpha value is -2.37. The van der Waals surface area contributed by atoms with Gasteiger partial charge in [-0.2, -0.15) is 0 Å². The number of ether oxygens (including phenoxy) is 3. The van der Waals surface area contributed by atoms with Crippen LogP contribution in [0.4, 0.5) is 0 Å². The van der Waals surface area contributed by atoms with Crippen molar-refractivity contribution < 1.29 is 28.6 Å². The molecule has 0 fully saturated rings. The van der Waals surface area contributed by atoms with E-state index in [1.807, 2.05) is 0 Å². The zero-order valence-corrected chi connectivity index (χ0v) is 51.3. The van der Waals surface area contributed by atoms with Gasteiger partial charge in [-0.15, -0.1) is 0 Å². The van der Waals surface area contributed by atoms with E-state index < -0.39 is 6.10 Å². The van der Waals surface area contributed by atoms with Crippen LogP contribution in [-0.2, 0) is 28.6 Å². The number of carbonyl (C=O) groups excluding carboxylic acids is 3. The zero-order valence-electron chi connectivity index (χ0n) is 51.3. The van der Waals surface area contributed by atoms with Crippen molar-refractivity contribution in [2.75, 3.05) is 13.2 Å². The molecule has 1 unspecified atom stereocenters. The van der Waals surface area contributed by atoms with Crippen molar-refractivity contribution in [1.29, 1.82) is 0 Å². The highest BCUT2D eigenvalue weighted by molar-refractivity contribution is 5.71. The lowest BCUT2D eigenvalue weighted by Crippen LogP contribution is -2.30. The molecule has 6 nitrogen and oxygen atoms in total. The van der Waals surface area contributed by atoms with E-state index in [4.69, 9.17) is 14.2 Å². The van der Waals surface area contributed by atoms with E-state index >= 15 is 0 Å². The number of hydrogen-bond donors (Lipinski definition) is 0. The predicted molar refractivity (Wildman–Crippen MR) is 330 cm³/mol. The van der Waals surface area contributed by atoms with Gasteiger partial charge in [-0.1, -0.05) is 333 Å². The van der Waals surface area contributed by atoms with E-state index in [1.165, 1.54) is 263 Å². The topological polar surface area (TPSA) is 78.9 Å². The second-order valence-corrected chi connectivity index (χ2v) is 23.1. The Morgan fingerprint density at radius 3 is 0.737 bits per heavy atom. The van der Waals surface area contributed by atoms with Gasteiger partial charge in [0, 0.05) is 19.3 Å². The SMILES string of the molecule is CCCCCCC/C=C\C/C=C\C/C=C\CCCCCCCCCCCCCCC(=O)OCC(COC(=O)CCCCCCCCCCCCCC)OC(=O)CCCCCCCCCCCCCCCCCCCCC. The number of allylic oxidation sites excluding steroid dienone is 6. The summed E-state index contributed by atoms with van der Waals surface area (Å²) in [4.78, 5) is 38.3. The number of esters is 3. The molecule has 446 valence electrons. The van der Waals surface area contributed by atoms with Crippen LogP contribution in [0.2, 0.25) is 0 Å². The van der Waals surface area contributed by atoms with Crippen molar-refractivity contribution in [2.45, 2.75) is 380 Å². The van der Waals surface area contributed by atoms with Gasteiger partial charge < -0.3 is 14.2 Å². The Morgan fingerprint density at radius 1 is 0.263 bits per heavy atom. The van der Waals surface area contributed by atoms with Gasteiger partial charge in [0.2, 0.25) is 0 Å². The van der Waals surface area contributed by atoms with Crippen LogP contribution < -0.4 is 0 Å². The van der Waals surface area contributed by atoms with Crippen molar-refractivity contribution in [3.63, 3.8) is 0 Å². The Morgan fingerprint density at radius 2 is 0.474 bits per heavy atom. The maximum Gasteiger partial charge on any atom is 0.306 e. The maximum atomic E-state index is 12.9. The highest BCUT2D eigenvalue weighted by Gasteiger charge is 2.19. The van der Waals surface area contributed by atoms with Crippen molar-refractivity contribution in [3.05, 3.63) is 36.5 Å². The van der Waals surface area contributed by atoms with Crippen LogP contribution in [0.1, 0.15) is 374 Å². The fraction of sp³-hybridized carbons (Fsp3) is 0.871. The Bertz CT molecular complexity index is 1270. The summed E-state index contributed by atoms with van der Waals surface area (Å²) in [5.74, 6) is -0.841. The van der Waals surface area contributed by atoms with Gasteiger partial charge in [-0.25, -0.2) is 0 Å².